The Morgan fingerprint density at radius 3 is 1.07 bits per heavy atom. The van der Waals surface area contributed by atoms with E-state index in [4.69, 9.17) is 25.2 Å². The van der Waals surface area contributed by atoms with Crippen molar-refractivity contribution in [1.82, 2.24) is 0 Å². The van der Waals surface area contributed by atoms with Crippen molar-refractivity contribution in [2.75, 3.05) is 13.2 Å². The molecule has 4 N–H and O–H groups in total. The Bertz CT molecular complexity index is 115. The van der Waals surface area contributed by atoms with Crippen molar-refractivity contribution in [3.05, 3.63) is 0 Å². The Kier molecular flexibility index (Phi) is 17.3. The van der Waals surface area contributed by atoms with E-state index in [1.165, 1.54) is 19.3 Å². The summed E-state index contributed by atoms with van der Waals surface area (Å²) in [5.41, 5.74) is 0. The summed E-state index contributed by atoms with van der Waals surface area (Å²) in [6.45, 7) is 0.660. The summed E-state index contributed by atoms with van der Waals surface area (Å²) in [5.74, 6) is 0. The van der Waals surface area contributed by atoms with Gasteiger partial charge in [-0.15, -0.1) is 0 Å². The molecule has 0 amide bonds. The summed E-state index contributed by atoms with van der Waals surface area (Å²) in [7, 11) is 0. The molecule has 0 aliphatic heterocycles. The fourth-order valence-electron chi connectivity index (χ4n) is 1.11. The van der Waals surface area contributed by atoms with Gasteiger partial charge in [-0.25, -0.2) is 4.79 Å². The molecule has 0 aromatic carbocycles. The van der Waals surface area contributed by atoms with Gasteiger partial charge in [0.15, 0.2) is 0 Å². The molecule has 0 aliphatic carbocycles. The zero-order valence-corrected chi connectivity index (χ0v) is 9.06. The number of hydrogen-bond acceptors (Lipinski definition) is 3. The highest BCUT2D eigenvalue weighted by molar-refractivity contribution is 5.53. The van der Waals surface area contributed by atoms with E-state index in [1.54, 1.807) is 0 Å². The van der Waals surface area contributed by atoms with Crippen LogP contribution in [0.2, 0.25) is 0 Å². The van der Waals surface area contributed by atoms with Crippen molar-refractivity contribution < 1.29 is 25.2 Å². The lowest BCUT2D eigenvalue weighted by Gasteiger charge is -1.98. The molecule has 0 bridgehead atoms. The van der Waals surface area contributed by atoms with Crippen LogP contribution < -0.4 is 0 Å². The van der Waals surface area contributed by atoms with E-state index in [2.05, 4.69) is 0 Å². The first kappa shape index (κ1) is 16.6. The number of aliphatic hydroxyl groups excluding tert-OH is 2. The molecular formula is C10H22O5. The van der Waals surface area contributed by atoms with Gasteiger partial charge >= 0.3 is 6.16 Å². The lowest BCUT2D eigenvalue weighted by atomic mass is 10.1. The molecule has 0 atom stereocenters. The van der Waals surface area contributed by atoms with Crippen LogP contribution in [0.4, 0.5) is 4.79 Å². The Morgan fingerprint density at radius 2 is 0.867 bits per heavy atom. The molecule has 92 valence electrons. The summed E-state index contributed by atoms with van der Waals surface area (Å²) in [5, 5.41) is 30.9. The second kappa shape index (κ2) is 15.7. The molecule has 0 saturated carbocycles. The molecule has 0 heterocycles. The van der Waals surface area contributed by atoms with Crippen molar-refractivity contribution >= 4 is 6.16 Å². The normalized spacial score (nSPS) is 9.20. The molecule has 5 nitrogen and oxygen atoms in total. The van der Waals surface area contributed by atoms with Crippen molar-refractivity contribution in [3.63, 3.8) is 0 Å². The second-order valence-electron chi connectivity index (χ2n) is 3.20. The van der Waals surface area contributed by atoms with Gasteiger partial charge in [-0.3, -0.25) is 0 Å². The quantitative estimate of drug-likeness (QED) is 0.470. The third-order valence-corrected chi connectivity index (χ3v) is 1.82. The zero-order valence-electron chi connectivity index (χ0n) is 9.06. The van der Waals surface area contributed by atoms with Crippen LogP contribution in [-0.2, 0) is 0 Å². The smallest absolute Gasteiger partial charge is 0.450 e. The van der Waals surface area contributed by atoms with Gasteiger partial charge in [0.25, 0.3) is 0 Å². The van der Waals surface area contributed by atoms with Crippen LogP contribution in [-0.4, -0.2) is 39.8 Å². The second-order valence-corrected chi connectivity index (χ2v) is 3.20. The molecule has 0 aromatic rings. The Labute approximate surface area is 90.4 Å². The maximum atomic E-state index is 8.56. The molecule has 0 aromatic heterocycles. The Balaban J connectivity index is 0. The minimum atomic E-state index is -1.83. The number of carboxylic acid groups (broad SMARTS) is 2. The molecule has 0 aliphatic rings. The van der Waals surface area contributed by atoms with Gasteiger partial charge in [0.05, 0.1) is 0 Å². The number of unbranched alkanes of at least 4 members (excludes halogenated alkanes) is 6. The van der Waals surface area contributed by atoms with Gasteiger partial charge in [-0.1, -0.05) is 32.1 Å². The Morgan fingerprint density at radius 1 is 0.667 bits per heavy atom. The summed E-state index contributed by atoms with van der Waals surface area (Å²) in [6, 6.07) is 0. The standard InChI is InChI=1S/C9H20O2.CH2O3/c10-8-6-4-2-1-3-5-7-9-11;2-1(3)4/h10-11H,1-9H2;(H2,2,3,4). The summed E-state index contributed by atoms with van der Waals surface area (Å²) < 4.78 is 0. The molecule has 15 heavy (non-hydrogen) atoms. The molecule has 0 unspecified atom stereocenters. The monoisotopic (exact) mass is 222 g/mol. The fraction of sp³-hybridized carbons (Fsp3) is 0.900. The van der Waals surface area contributed by atoms with E-state index in [-0.39, 0.29) is 0 Å². The maximum absolute atomic E-state index is 8.56. The lowest BCUT2D eigenvalue weighted by molar-refractivity contribution is 0.137. The molecule has 0 saturated heterocycles. The highest BCUT2D eigenvalue weighted by Gasteiger charge is 1.89. The third-order valence-electron chi connectivity index (χ3n) is 1.82. The maximum Gasteiger partial charge on any atom is 0.503 e. The van der Waals surface area contributed by atoms with Crippen molar-refractivity contribution in [3.8, 4) is 0 Å². The van der Waals surface area contributed by atoms with E-state index in [1.807, 2.05) is 0 Å². The fourth-order valence-corrected chi connectivity index (χ4v) is 1.11. The predicted molar refractivity (Wildman–Crippen MR) is 57.1 cm³/mol. The molecule has 0 fully saturated rings. The van der Waals surface area contributed by atoms with Crippen LogP contribution in [0.5, 0.6) is 0 Å². The average Bonchev–Trinajstić information content (AvgIpc) is 2.16. The van der Waals surface area contributed by atoms with Gasteiger partial charge in [0.2, 0.25) is 0 Å². The summed E-state index contributed by atoms with van der Waals surface area (Å²) >= 11 is 0. The zero-order chi connectivity index (χ0) is 11.9. The van der Waals surface area contributed by atoms with E-state index >= 15 is 0 Å². The van der Waals surface area contributed by atoms with Crippen molar-refractivity contribution in [2.24, 2.45) is 0 Å². The van der Waals surface area contributed by atoms with Gasteiger partial charge in [0.1, 0.15) is 0 Å². The number of hydrogen-bond donors (Lipinski definition) is 4. The minimum Gasteiger partial charge on any atom is -0.450 e. The SMILES string of the molecule is O=C(O)O.OCCCCCCCCCO. The van der Waals surface area contributed by atoms with Crippen molar-refractivity contribution in [2.45, 2.75) is 44.9 Å². The lowest BCUT2D eigenvalue weighted by Crippen LogP contribution is -1.85. The molecule has 5 heteroatoms. The van der Waals surface area contributed by atoms with E-state index in [0.29, 0.717) is 13.2 Å². The van der Waals surface area contributed by atoms with Crippen molar-refractivity contribution in [1.29, 1.82) is 0 Å². The van der Waals surface area contributed by atoms with E-state index < -0.39 is 6.16 Å². The predicted octanol–water partition coefficient (Wildman–Crippen LogP) is 1.92. The topological polar surface area (TPSA) is 98.0 Å². The number of carbonyl (C=O) groups is 1. The van der Waals surface area contributed by atoms with Gasteiger partial charge in [0, 0.05) is 13.2 Å². The molecule has 0 rings (SSSR count). The minimum absolute atomic E-state index is 0.330. The molecule has 0 spiro atoms. The average molecular weight is 222 g/mol. The van der Waals surface area contributed by atoms with Crippen LogP contribution >= 0.6 is 0 Å². The molecular weight excluding hydrogens is 200 g/mol. The van der Waals surface area contributed by atoms with Gasteiger partial charge < -0.3 is 20.4 Å². The highest BCUT2D eigenvalue weighted by Crippen LogP contribution is 2.06. The number of aliphatic hydroxyl groups is 2. The van der Waals surface area contributed by atoms with Gasteiger partial charge in [-0.05, 0) is 12.8 Å². The molecule has 0 radical (unpaired) electrons. The van der Waals surface area contributed by atoms with Crippen LogP contribution in [0.3, 0.4) is 0 Å². The van der Waals surface area contributed by atoms with Crippen LogP contribution in [0.25, 0.3) is 0 Å². The van der Waals surface area contributed by atoms with E-state index in [0.717, 1.165) is 25.7 Å². The first-order valence-electron chi connectivity index (χ1n) is 5.28. The summed E-state index contributed by atoms with van der Waals surface area (Å²) in [4.78, 5) is 8.56. The van der Waals surface area contributed by atoms with Crippen LogP contribution in [0.1, 0.15) is 44.9 Å². The largest absolute Gasteiger partial charge is 0.503 e. The Hall–Kier alpha value is -0.810. The van der Waals surface area contributed by atoms with Crippen LogP contribution in [0.15, 0.2) is 0 Å². The van der Waals surface area contributed by atoms with Gasteiger partial charge in [-0.2, -0.15) is 0 Å². The third kappa shape index (κ3) is 31.9. The first-order valence-corrected chi connectivity index (χ1v) is 5.28. The van der Waals surface area contributed by atoms with Crippen LogP contribution in [0, 0.1) is 0 Å². The highest BCUT2D eigenvalue weighted by atomic mass is 16.6. The van der Waals surface area contributed by atoms with E-state index in [9.17, 15) is 0 Å². The summed E-state index contributed by atoms with van der Waals surface area (Å²) in [6.07, 6.45) is 6.06. The first-order chi connectivity index (χ1) is 7.15. The number of rotatable bonds is 8.